The fourth-order valence-corrected chi connectivity index (χ4v) is 2.72. The van der Waals surface area contributed by atoms with Gasteiger partial charge in [-0.05, 0) is 12.5 Å². The molecule has 0 spiro atoms. The van der Waals surface area contributed by atoms with Crippen LogP contribution in [0, 0.1) is 0 Å². The van der Waals surface area contributed by atoms with Crippen LogP contribution in [0.25, 0.3) is 0 Å². The van der Waals surface area contributed by atoms with Crippen LogP contribution in [0.3, 0.4) is 0 Å². The molecule has 0 saturated carbocycles. The normalized spacial score (nSPS) is 15.5. The minimum atomic E-state index is -3.91. The molecular formula is C10H14BrNO4S. The molecule has 5 nitrogen and oxygen atoms in total. The van der Waals surface area contributed by atoms with Gasteiger partial charge in [0.1, 0.15) is 6.10 Å². The number of rotatable bonds is 5. The zero-order chi connectivity index (χ0) is 13.1. The average Bonchev–Trinajstić information content (AvgIpc) is 2.27. The van der Waals surface area contributed by atoms with Crippen LogP contribution >= 0.6 is 15.9 Å². The van der Waals surface area contributed by atoms with E-state index < -0.39 is 22.2 Å². The van der Waals surface area contributed by atoms with Crippen LogP contribution in [0.5, 0.6) is 0 Å². The Kier molecular flexibility index (Phi) is 5.08. The highest BCUT2D eigenvalue weighted by molar-refractivity contribution is 9.09. The van der Waals surface area contributed by atoms with Crippen molar-refractivity contribution in [1.82, 2.24) is 0 Å². The Bertz CT molecular complexity index is 477. The van der Waals surface area contributed by atoms with Gasteiger partial charge in [-0.3, -0.25) is 0 Å². The summed E-state index contributed by atoms with van der Waals surface area (Å²) in [4.78, 5) is -0.166. The van der Waals surface area contributed by atoms with Gasteiger partial charge >= 0.3 is 0 Å². The standard InChI is InChI=1S/C10H14BrNO4S/c11-6-5-8(13)10(14)7-3-1-2-4-9(7)17(12,15)16/h1-4,8,10,13-14H,5-6H2,(H2,12,15,16). The van der Waals surface area contributed by atoms with Crippen LogP contribution in [-0.4, -0.2) is 30.1 Å². The number of sulfonamides is 1. The summed E-state index contributed by atoms with van der Waals surface area (Å²) in [5.41, 5.74) is 0.114. The molecule has 0 aromatic heterocycles. The number of primary sulfonamides is 1. The second kappa shape index (κ2) is 5.92. The Morgan fingerprint density at radius 2 is 1.88 bits per heavy atom. The largest absolute Gasteiger partial charge is 0.390 e. The molecule has 0 bridgehead atoms. The van der Waals surface area contributed by atoms with E-state index in [-0.39, 0.29) is 10.5 Å². The van der Waals surface area contributed by atoms with Crippen molar-refractivity contribution in [1.29, 1.82) is 0 Å². The lowest BCUT2D eigenvalue weighted by Crippen LogP contribution is -2.22. The number of hydrogen-bond donors (Lipinski definition) is 3. The second-order valence-electron chi connectivity index (χ2n) is 3.57. The monoisotopic (exact) mass is 323 g/mol. The molecule has 0 aliphatic heterocycles. The molecule has 0 amide bonds. The van der Waals surface area contributed by atoms with Gasteiger partial charge in [0, 0.05) is 10.9 Å². The maximum Gasteiger partial charge on any atom is 0.238 e. The van der Waals surface area contributed by atoms with E-state index in [2.05, 4.69) is 15.9 Å². The number of hydrogen-bond acceptors (Lipinski definition) is 4. The Labute approximate surface area is 108 Å². The van der Waals surface area contributed by atoms with E-state index in [0.717, 1.165) is 0 Å². The quantitative estimate of drug-likeness (QED) is 0.687. The van der Waals surface area contributed by atoms with E-state index >= 15 is 0 Å². The summed E-state index contributed by atoms with van der Waals surface area (Å²) in [6.07, 6.45) is -2.01. The molecule has 0 aliphatic carbocycles. The fourth-order valence-electron chi connectivity index (χ4n) is 1.46. The molecule has 7 heteroatoms. The Hall–Kier alpha value is -0.470. The Morgan fingerprint density at radius 3 is 2.41 bits per heavy atom. The van der Waals surface area contributed by atoms with Crippen LogP contribution in [0.4, 0.5) is 0 Å². The fraction of sp³-hybridized carbons (Fsp3) is 0.400. The van der Waals surface area contributed by atoms with Gasteiger partial charge in [-0.2, -0.15) is 0 Å². The predicted octanol–water partition coefficient (Wildman–Crippen LogP) is 0.513. The van der Waals surface area contributed by atoms with Crippen LogP contribution in [0.2, 0.25) is 0 Å². The molecule has 4 N–H and O–H groups in total. The van der Waals surface area contributed by atoms with Crippen molar-refractivity contribution < 1.29 is 18.6 Å². The maximum atomic E-state index is 11.3. The molecular weight excluding hydrogens is 310 g/mol. The van der Waals surface area contributed by atoms with Gasteiger partial charge in [-0.15, -0.1) is 0 Å². The molecule has 0 fully saturated rings. The van der Waals surface area contributed by atoms with Crippen LogP contribution < -0.4 is 5.14 Å². The van der Waals surface area contributed by atoms with E-state index in [1.54, 1.807) is 6.07 Å². The highest BCUT2D eigenvalue weighted by Crippen LogP contribution is 2.25. The molecule has 1 aromatic carbocycles. The van der Waals surface area contributed by atoms with Crippen LogP contribution in [-0.2, 0) is 10.0 Å². The van der Waals surface area contributed by atoms with E-state index in [0.29, 0.717) is 11.8 Å². The molecule has 2 unspecified atom stereocenters. The summed E-state index contributed by atoms with van der Waals surface area (Å²) in [5.74, 6) is 0. The highest BCUT2D eigenvalue weighted by atomic mass is 79.9. The summed E-state index contributed by atoms with van der Waals surface area (Å²) in [5, 5.41) is 25.1. The third-order valence-electron chi connectivity index (χ3n) is 2.31. The van der Waals surface area contributed by atoms with E-state index in [9.17, 15) is 18.6 Å². The van der Waals surface area contributed by atoms with Crippen molar-refractivity contribution in [2.45, 2.75) is 23.5 Å². The second-order valence-corrected chi connectivity index (χ2v) is 5.90. The van der Waals surface area contributed by atoms with Gasteiger partial charge in [0.2, 0.25) is 10.0 Å². The van der Waals surface area contributed by atoms with E-state index in [1.165, 1.54) is 18.2 Å². The van der Waals surface area contributed by atoms with Crippen LogP contribution in [0.15, 0.2) is 29.2 Å². The number of benzene rings is 1. The van der Waals surface area contributed by atoms with Gasteiger partial charge in [0.15, 0.2) is 0 Å². The lowest BCUT2D eigenvalue weighted by atomic mass is 10.0. The molecule has 1 aromatic rings. The minimum Gasteiger partial charge on any atom is -0.390 e. The summed E-state index contributed by atoms with van der Waals surface area (Å²) in [6.45, 7) is 0. The molecule has 0 radical (unpaired) electrons. The smallest absolute Gasteiger partial charge is 0.238 e. The van der Waals surface area contributed by atoms with Crippen molar-refractivity contribution in [2.75, 3.05) is 5.33 Å². The van der Waals surface area contributed by atoms with Gasteiger partial charge < -0.3 is 10.2 Å². The van der Waals surface area contributed by atoms with Crippen molar-refractivity contribution in [3.05, 3.63) is 29.8 Å². The molecule has 0 saturated heterocycles. The van der Waals surface area contributed by atoms with Crippen molar-refractivity contribution in [3.63, 3.8) is 0 Å². The number of alkyl halides is 1. The zero-order valence-corrected chi connectivity index (χ0v) is 11.4. The molecule has 0 heterocycles. The van der Waals surface area contributed by atoms with Crippen molar-refractivity contribution in [3.8, 4) is 0 Å². The zero-order valence-electron chi connectivity index (χ0n) is 8.95. The first-order chi connectivity index (χ1) is 7.88. The number of aliphatic hydroxyl groups is 2. The molecule has 17 heavy (non-hydrogen) atoms. The molecule has 0 aliphatic rings. The number of aliphatic hydroxyl groups excluding tert-OH is 2. The van der Waals surface area contributed by atoms with Gasteiger partial charge in [-0.1, -0.05) is 34.1 Å². The van der Waals surface area contributed by atoms with Gasteiger partial charge in [0.05, 0.1) is 11.0 Å². The van der Waals surface area contributed by atoms with Crippen molar-refractivity contribution in [2.24, 2.45) is 5.14 Å². The highest BCUT2D eigenvalue weighted by Gasteiger charge is 2.24. The first-order valence-electron chi connectivity index (χ1n) is 4.91. The average molecular weight is 324 g/mol. The van der Waals surface area contributed by atoms with Gasteiger partial charge in [0.25, 0.3) is 0 Å². The summed E-state index contributed by atoms with van der Waals surface area (Å²) in [7, 11) is -3.91. The van der Waals surface area contributed by atoms with Crippen LogP contribution in [0.1, 0.15) is 18.1 Å². The number of halogens is 1. The van der Waals surface area contributed by atoms with Crippen molar-refractivity contribution >= 4 is 26.0 Å². The summed E-state index contributed by atoms with van der Waals surface area (Å²) < 4.78 is 22.6. The van der Waals surface area contributed by atoms with E-state index in [4.69, 9.17) is 5.14 Å². The molecule has 2 atom stereocenters. The van der Waals surface area contributed by atoms with E-state index in [1.807, 2.05) is 0 Å². The first kappa shape index (κ1) is 14.6. The molecule has 1 rings (SSSR count). The topological polar surface area (TPSA) is 101 Å². The summed E-state index contributed by atoms with van der Waals surface area (Å²) >= 11 is 3.13. The maximum absolute atomic E-state index is 11.3. The SMILES string of the molecule is NS(=O)(=O)c1ccccc1C(O)C(O)CCBr. The molecule has 96 valence electrons. The third-order valence-corrected chi connectivity index (χ3v) is 3.76. The first-order valence-corrected chi connectivity index (χ1v) is 7.58. The predicted molar refractivity (Wildman–Crippen MR) is 67.2 cm³/mol. The lowest BCUT2D eigenvalue weighted by molar-refractivity contribution is 0.0157. The third kappa shape index (κ3) is 3.75. The number of nitrogens with two attached hydrogens (primary N) is 1. The minimum absolute atomic E-state index is 0.114. The van der Waals surface area contributed by atoms with Gasteiger partial charge in [-0.25, -0.2) is 13.6 Å². The Morgan fingerprint density at radius 1 is 1.29 bits per heavy atom. The lowest BCUT2D eigenvalue weighted by Gasteiger charge is -2.19. The summed E-state index contributed by atoms with van der Waals surface area (Å²) in [6, 6.07) is 5.82. The Balaban J connectivity index is 3.14.